The van der Waals surface area contributed by atoms with Crippen molar-refractivity contribution in [2.75, 3.05) is 19.8 Å². The van der Waals surface area contributed by atoms with E-state index in [-0.39, 0.29) is 12.0 Å². The number of hydrogen-bond donors (Lipinski definition) is 1. The molecule has 0 radical (unpaired) electrons. The fraction of sp³-hybridized carbons (Fsp3) is 1.00. The summed E-state index contributed by atoms with van der Waals surface area (Å²) < 4.78 is 10.3. The van der Waals surface area contributed by atoms with Crippen LogP contribution < -0.4 is 0 Å². The molecule has 12 heavy (non-hydrogen) atoms. The molecular weight excluding hydrogens is 156 g/mol. The van der Waals surface area contributed by atoms with Gasteiger partial charge in [0.15, 0.2) is 0 Å². The lowest BCUT2D eigenvalue weighted by Gasteiger charge is -2.13. The zero-order valence-electron chi connectivity index (χ0n) is 7.82. The Morgan fingerprint density at radius 1 is 1.58 bits per heavy atom. The van der Waals surface area contributed by atoms with Gasteiger partial charge in [0.1, 0.15) is 0 Å². The SMILES string of the molecule is CC(C)C(O)COCCC1CO1. The molecule has 1 N–H and O–H groups in total. The number of hydrogen-bond acceptors (Lipinski definition) is 3. The van der Waals surface area contributed by atoms with Crippen LogP contribution in [0.2, 0.25) is 0 Å². The quantitative estimate of drug-likeness (QED) is 0.478. The lowest BCUT2D eigenvalue weighted by molar-refractivity contribution is 0.0110. The number of ether oxygens (including phenoxy) is 2. The molecule has 72 valence electrons. The van der Waals surface area contributed by atoms with E-state index in [2.05, 4.69) is 0 Å². The van der Waals surface area contributed by atoms with Crippen molar-refractivity contribution >= 4 is 0 Å². The van der Waals surface area contributed by atoms with Crippen LogP contribution >= 0.6 is 0 Å². The number of rotatable bonds is 6. The van der Waals surface area contributed by atoms with Crippen LogP contribution in [0.4, 0.5) is 0 Å². The van der Waals surface area contributed by atoms with Crippen LogP contribution in [0.1, 0.15) is 20.3 Å². The monoisotopic (exact) mass is 174 g/mol. The Hall–Kier alpha value is -0.120. The molecule has 1 saturated heterocycles. The van der Waals surface area contributed by atoms with E-state index >= 15 is 0 Å². The van der Waals surface area contributed by atoms with Crippen LogP contribution in [0.25, 0.3) is 0 Å². The zero-order chi connectivity index (χ0) is 8.97. The van der Waals surface area contributed by atoms with E-state index in [0.29, 0.717) is 19.3 Å². The van der Waals surface area contributed by atoms with Gasteiger partial charge in [-0.15, -0.1) is 0 Å². The van der Waals surface area contributed by atoms with Crippen LogP contribution in [-0.2, 0) is 9.47 Å². The van der Waals surface area contributed by atoms with Gasteiger partial charge >= 0.3 is 0 Å². The second-order valence-corrected chi connectivity index (χ2v) is 3.63. The lowest BCUT2D eigenvalue weighted by Crippen LogP contribution is -2.21. The molecule has 1 fully saturated rings. The molecule has 0 aromatic rings. The van der Waals surface area contributed by atoms with E-state index in [9.17, 15) is 5.11 Å². The molecule has 3 nitrogen and oxygen atoms in total. The maximum atomic E-state index is 9.35. The standard InChI is InChI=1S/C9H18O3/c1-7(2)9(10)6-11-4-3-8-5-12-8/h7-10H,3-6H2,1-2H3. The van der Waals surface area contributed by atoms with Crippen LogP contribution in [-0.4, -0.2) is 37.1 Å². The van der Waals surface area contributed by atoms with Crippen molar-refractivity contribution in [2.45, 2.75) is 32.5 Å². The molecule has 0 aromatic heterocycles. The summed E-state index contributed by atoms with van der Waals surface area (Å²) in [5, 5.41) is 9.35. The van der Waals surface area contributed by atoms with Gasteiger partial charge in [-0.2, -0.15) is 0 Å². The van der Waals surface area contributed by atoms with Crippen LogP contribution in [0, 0.1) is 5.92 Å². The summed E-state index contributed by atoms with van der Waals surface area (Å²) in [5.74, 6) is 0.280. The minimum absolute atomic E-state index is 0.280. The molecule has 2 unspecified atom stereocenters. The molecule has 0 aliphatic carbocycles. The molecule has 3 heteroatoms. The normalized spacial score (nSPS) is 24.5. The zero-order valence-corrected chi connectivity index (χ0v) is 7.82. The first-order valence-electron chi connectivity index (χ1n) is 4.57. The summed E-state index contributed by atoms with van der Waals surface area (Å²) in [6.45, 7) is 6.00. The summed E-state index contributed by atoms with van der Waals surface area (Å²) >= 11 is 0. The van der Waals surface area contributed by atoms with Gasteiger partial charge in [-0.1, -0.05) is 13.8 Å². The smallest absolute Gasteiger partial charge is 0.0831 e. The fourth-order valence-electron chi connectivity index (χ4n) is 0.846. The van der Waals surface area contributed by atoms with Crippen LogP contribution in [0.15, 0.2) is 0 Å². The Morgan fingerprint density at radius 2 is 2.25 bits per heavy atom. The number of epoxide rings is 1. The van der Waals surface area contributed by atoms with E-state index in [1.165, 1.54) is 0 Å². The Kier molecular flexibility index (Phi) is 3.98. The van der Waals surface area contributed by atoms with Crippen molar-refractivity contribution in [3.63, 3.8) is 0 Å². The van der Waals surface area contributed by atoms with Crippen molar-refractivity contribution in [3.05, 3.63) is 0 Å². The summed E-state index contributed by atoms with van der Waals surface area (Å²) in [6, 6.07) is 0. The molecule has 1 aliphatic heterocycles. The van der Waals surface area contributed by atoms with Gasteiger partial charge in [-0.3, -0.25) is 0 Å². The Balaban J connectivity index is 1.86. The van der Waals surface area contributed by atoms with Gasteiger partial charge in [-0.05, 0) is 12.3 Å². The summed E-state index contributed by atoms with van der Waals surface area (Å²) in [5.41, 5.74) is 0. The van der Waals surface area contributed by atoms with Gasteiger partial charge in [0.25, 0.3) is 0 Å². The number of aliphatic hydroxyl groups excluding tert-OH is 1. The fourth-order valence-corrected chi connectivity index (χ4v) is 0.846. The highest BCUT2D eigenvalue weighted by Crippen LogP contribution is 2.13. The molecule has 1 heterocycles. The highest BCUT2D eigenvalue weighted by Gasteiger charge is 2.21. The highest BCUT2D eigenvalue weighted by molar-refractivity contribution is 4.68. The molecule has 0 aromatic carbocycles. The van der Waals surface area contributed by atoms with Crippen molar-refractivity contribution in [2.24, 2.45) is 5.92 Å². The third kappa shape index (κ3) is 4.04. The van der Waals surface area contributed by atoms with E-state index in [1.54, 1.807) is 0 Å². The van der Waals surface area contributed by atoms with Crippen LogP contribution in [0.5, 0.6) is 0 Å². The third-order valence-electron chi connectivity index (χ3n) is 2.04. The summed E-state index contributed by atoms with van der Waals surface area (Å²) in [4.78, 5) is 0. The van der Waals surface area contributed by atoms with Gasteiger partial charge in [0.2, 0.25) is 0 Å². The minimum atomic E-state index is -0.329. The summed E-state index contributed by atoms with van der Waals surface area (Å²) in [7, 11) is 0. The topological polar surface area (TPSA) is 42.0 Å². The Bertz CT molecular complexity index is 121. The predicted molar refractivity (Wildman–Crippen MR) is 46.0 cm³/mol. The van der Waals surface area contributed by atoms with Crippen molar-refractivity contribution in [3.8, 4) is 0 Å². The van der Waals surface area contributed by atoms with Crippen LogP contribution in [0.3, 0.4) is 0 Å². The van der Waals surface area contributed by atoms with Gasteiger partial charge in [0.05, 0.1) is 25.4 Å². The lowest BCUT2D eigenvalue weighted by atomic mass is 10.1. The van der Waals surface area contributed by atoms with Gasteiger partial charge in [0, 0.05) is 6.61 Å². The maximum absolute atomic E-state index is 9.35. The second kappa shape index (κ2) is 4.80. The number of aliphatic hydroxyl groups is 1. The maximum Gasteiger partial charge on any atom is 0.0831 e. The first-order valence-corrected chi connectivity index (χ1v) is 4.57. The molecule has 1 rings (SSSR count). The van der Waals surface area contributed by atoms with E-state index in [0.717, 1.165) is 13.0 Å². The molecule has 1 aliphatic rings. The largest absolute Gasteiger partial charge is 0.390 e. The molecule has 0 amide bonds. The average molecular weight is 174 g/mol. The van der Waals surface area contributed by atoms with Gasteiger partial charge < -0.3 is 14.6 Å². The molecular formula is C9H18O3. The molecule has 0 spiro atoms. The first kappa shape index (κ1) is 9.96. The predicted octanol–water partition coefficient (Wildman–Crippen LogP) is 0.809. The Labute approximate surface area is 73.7 Å². The molecule has 0 bridgehead atoms. The average Bonchev–Trinajstić information content (AvgIpc) is 2.80. The minimum Gasteiger partial charge on any atom is -0.390 e. The van der Waals surface area contributed by atoms with E-state index in [4.69, 9.17) is 9.47 Å². The second-order valence-electron chi connectivity index (χ2n) is 3.63. The first-order chi connectivity index (χ1) is 5.70. The Morgan fingerprint density at radius 3 is 2.75 bits per heavy atom. The van der Waals surface area contributed by atoms with E-state index < -0.39 is 0 Å². The third-order valence-corrected chi connectivity index (χ3v) is 2.04. The summed E-state index contributed by atoms with van der Waals surface area (Å²) in [6.07, 6.45) is 1.07. The highest BCUT2D eigenvalue weighted by atomic mass is 16.6. The van der Waals surface area contributed by atoms with Crippen molar-refractivity contribution in [1.82, 2.24) is 0 Å². The van der Waals surface area contributed by atoms with E-state index in [1.807, 2.05) is 13.8 Å². The molecule has 2 atom stereocenters. The van der Waals surface area contributed by atoms with Crippen molar-refractivity contribution < 1.29 is 14.6 Å². The molecule has 0 saturated carbocycles. The van der Waals surface area contributed by atoms with Crippen molar-refractivity contribution in [1.29, 1.82) is 0 Å². The van der Waals surface area contributed by atoms with Gasteiger partial charge in [-0.25, -0.2) is 0 Å².